The first kappa shape index (κ1) is 14.9. The Morgan fingerprint density at radius 1 is 1.00 bits per heavy atom. The van der Waals surface area contributed by atoms with Crippen LogP contribution in [0.1, 0.15) is 53.4 Å². The highest BCUT2D eigenvalue weighted by Gasteiger charge is 2.18. The van der Waals surface area contributed by atoms with Gasteiger partial charge in [0.2, 0.25) is 0 Å². The SMILES string of the molecule is CC1CN(C)CC(C)O1.CCCCCC. The van der Waals surface area contributed by atoms with Crippen LogP contribution in [0.4, 0.5) is 0 Å². The zero-order chi connectivity index (χ0) is 11.7. The zero-order valence-electron chi connectivity index (χ0n) is 11.3. The molecule has 0 aliphatic carbocycles. The highest BCUT2D eigenvalue weighted by atomic mass is 16.5. The fourth-order valence-electron chi connectivity index (χ4n) is 1.94. The standard InChI is InChI=1S/C7H15NO.C6H14/c1-6-4-8(3)5-7(2)9-6;1-3-5-6-4-2/h6-7H,4-5H2,1-3H3;3-6H2,1-2H3. The fourth-order valence-corrected chi connectivity index (χ4v) is 1.94. The lowest BCUT2D eigenvalue weighted by Crippen LogP contribution is -2.42. The van der Waals surface area contributed by atoms with E-state index in [1.54, 1.807) is 0 Å². The quantitative estimate of drug-likeness (QED) is 0.670. The zero-order valence-corrected chi connectivity index (χ0v) is 11.3. The van der Waals surface area contributed by atoms with E-state index >= 15 is 0 Å². The van der Waals surface area contributed by atoms with E-state index in [1.807, 2.05) is 0 Å². The van der Waals surface area contributed by atoms with E-state index in [2.05, 4.69) is 39.6 Å². The molecule has 0 aromatic rings. The Balaban J connectivity index is 0.000000288. The van der Waals surface area contributed by atoms with Gasteiger partial charge in [-0.25, -0.2) is 0 Å². The van der Waals surface area contributed by atoms with Crippen molar-refractivity contribution in [3.8, 4) is 0 Å². The first-order valence-electron chi connectivity index (χ1n) is 6.44. The lowest BCUT2D eigenvalue weighted by atomic mass is 10.2. The Morgan fingerprint density at radius 2 is 1.40 bits per heavy atom. The number of hydrogen-bond acceptors (Lipinski definition) is 2. The van der Waals surface area contributed by atoms with Crippen LogP contribution in [-0.4, -0.2) is 37.2 Å². The van der Waals surface area contributed by atoms with Crippen LogP contribution in [0.25, 0.3) is 0 Å². The summed E-state index contributed by atoms with van der Waals surface area (Å²) in [6.45, 7) is 10.8. The molecule has 0 saturated carbocycles. The van der Waals surface area contributed by atoms with Crippen molar-refractivity contribution >= 4 is 0 Å². The molecule has 0 radical (unpaired) electrons. The number of nitrogens with zero attached hydrogens (tertiary/aromatic N) is 1. The minimum absolute atomic E-state index is 0.416. The second kappa shape index (κ2) is 9.17. The summed E-state index contributed by atoms with van der Waals surface area (Å²) in [5, 5.41) is 0. The second-order valence-electron chi connectivity index (χ2n) is 4.69. The maximum atomic E-state index is 5.51. The van der Waals surface area contributed by atoms with Crippen LogP contribution in [0.5, 0.6) is 0 Å². The van der Waals surface area contributed by atoms with Crippen molar-refractivity contribution in [3.05, 3.63) is 0 Å². The van der Waals surface area contributed by atoms with Crippen LogP contribution in [0.3, 0.4) is 0 Å². The Hall–Kier alpha value is -0.0800. The molecule has 0 amide bonds. The molecule has 2 atom stereocenters. The molecule has 1 aliphatic heterocycles. The summed E-state index contributed by atoms with van der Waals surface area (Å²) >= 11 is 0. The summed E-state index contributed by atoms with van der Waals surface area (Å²) in [5.41, 5.74) is 0. The number of likely N-dealkylation sites (N-methyl/N-ethyl adjacent to an activating group) is 1. The summed E-state index contributed by atoms with van der Waals surface area (Å²) in [4.78, 5) is 2.30. The van der Waals surface area contributed by atoms with Gasteiger partial charge in [-0.05, 0) is 20.9 Å². The topological polar surface area (TPSA) is 12.5 Å². The second-order valence-corrected chi connectivity index (χ2v) is 4.69. The molecule has 0 N–H and O–H groups in total. The number of morpholine rings is 1. The van der Waals surface area contributed by atoms with Crippen molar-refractivity contribution < 1.29 is 4.74 Å². The van der Waals surface area contributed by atoms with Crippen molar-refractivity contribution in [2.75, 3.05) is 20.1 Å². The Kier molecular flexibility index (Phi) is 9.12. The molecular formula is C13H29NO. The Bertz CT molecular complexity index is 109. The summed E-state index contributed by atoms with van der Waals surface area (Å²) < 4.78 is 5.51. The van der Waals surface area contributed by atoms with Gasteiger partial charge in [0.05, 0.1) is 12.2 Å². The van der Waals surface area contributed by atoms with Crippen molar-refractivity contribution in [2.24, 2.45) is 0 Å². The minimum Gasteiger partial charge on any atom is -0.373 e. The van der Waals surface area contributed by atoms with Crippen molar-refractivity contribution in [1.29, 1.82) is 0 Å². The van der Waals surface area contributed by atoms with Gasteiger partial charge in [0.1, 0.15) is 0 Å². The van der Waals surface area contributed by atoms with Crippen LogP contribution in [0, 0.1) is 0 Å². The Morgan fingerprint density at radius 3 is 1.67 bits per heavy atom. The largest absolute Gasteiger partial charge is 0.373 e. The summed E-state index contributed by atoms with van der Waals surface area (Å²) in [6.07, 6.45) is 6.37. The molecule has 0 spiro atoms. The molecular weight excluding hydrogens is 186 g/mol. The molecule has 1 rings (SSSR count). The maximum absolute atomic E-state index is 5.51. The first-order chi connectivity index (χ1) is 7.10. The van der Waals surface area contributed by atoms with Gasteiger partial charge in [0.25, 0.3) is 0 Å². The lowest BCUT2D eigenvalue weighted by molar-refractivity contribution is -0.0602. The molecule has 0 bridgehead atoms. The van der Waals surface area contributed by atoms with Crippen molar-refractivity contribution in [1.82, 2.24) is 4.90 Å². The molecule has 0 aromatic carbocycles. The van der Waals surface area contributed by atoms with E-state index in [0.717, 1.165) is 13.1 Å². The van der Waals surface area contributed by atoms with Crippen LogP contribution in [0.15, 0.2) is 0 Å². The average Bonchev–Trinajstić information content (AvgIpc) is 2.13. The van der Waals surface area contributed by atoms with Gasteiger partial charge in [0.15, 0.2) is 0 Å². The van der Waals surface area contributed by atoms with Crippen molar-refractivity contribution in [2.45, 2.75) is 65.6 Å². The first-order valence-corrected chi connectivity index (χ1v) is 6.44. The van der Waals surface area contributed by atoms with Crippen LogP contribution in [0.2, 0.25) is 0 Å². The summed E-state index contributed by atoms with van der Waals surface area (Å²) in [6, 6.07) is 0. The monoisotopic (exact) mass is 215 g/mol. The molecule has 2 unspecified atom stereocenters. The molecule has 92 valence electrons. The number of hydrogen-bond donors (Lipinski definition) is 0. The van der Waals surface area contributed by atoms with Gasteiger partial charge in [-0.1, -0.05) is 39.5 Å². The third kappa shape index (κ3) is 8.88. The molecule has 1 saturated heterocycles. The molecule has 0 aromatic heterocycles. The van der Waals surface area contributed by atoms with Gasteiger partial charge in [-0.2, -0.15) is 0 Å². The lowest BCUT2D eigenvalue weighted by Gasteiger charge is -2.32. The third-order valence-electron chi connectivity index (χ3n) is 2.56. The van der Waals surface area contributed by atoms with Crippen LogP contribution >= 0.6 is 0 Å². The molecule has 2 heteroatoms. The van der Waals surface area contributed by atoms with Gasteiger partial charge in [-0.3, -0.25) is 0 Å². The van der Waals surface area contributed by atoms with Crippen LogP contribution in [-0.2, 0) is 4.74 Å². The molecule has 1 heterocycles. The van der Waals surface area contributed by atoms with E-state index < -0.39 is 0 Å². The van der Waals surface area contributed by atoms with Gasteiger partial charge in [0, 0.05) is 13.1 Å². The Labute approximate surface area is 96.0 Å². The minimum atomic E-state index is 0.416. The van der Waals surface area contributed by atoms with E-state index in [4.69, 9.17) is 4.74 Å². The smallest absolute Gasteiger partial charge is 0.0678 e. The molecule has 2 nitrogen and oxygen atoms in total. The maximum Gasteiger partial charge on any atom is 0.0678 e. The number of unbranched alkanes of at least 4 members (excludes halogenated alkanes) is 3. The molecule has 1 aliphatic rings. The van der Waals surface area contributed by atoms with Gasteiger partial charge < -0.3 is 9.64 Å². The highest BCUT2D eigenvalue weighted by Crippen LogP contribution is 2.07. The van der Waals surface area contributed by atoms with E-state index in [9.17, 15) is 0 Å². The van der Waals surface area contributed by atoms with E-state index in [0.29, 0.717) is 12.2 Å². The van der Waals surface area contributed by atoms with Gasteiger partial charge >= 0.3 is 0 Å². The van der Waals surface area contributed by atoms with E-state index in [1.165, 1.54) is 25.7 Å². The van der Waals surface area contributed by atoms with Crippen molar-refractivity contribution in [3.63, 3.8) is 0 Å². The summed E-state index contributed by atoms with van der Waals surface area (Å²) in [5.74, 6) is 0. The molecule has 1 fully saturated rings. The van der Waals surface area contributed by atoms with Gasteiger partial charge in [-0.15, -0.1) is 0 Å². The normalized spacial score (nSPS) is 27.0. The number of rotatable bonds is 3. The molecule has 15 heavy (non-hydrogen) atoms. The third-order valence-corrected chi connectivity index (χ3v) is 2.56. The predicted molar refractivity (Wildman–Crippen MR) is 67.3 cm³/mol. The van der Waals surface area contributed by atoms with E-state index in [-0.39, 0.29) is 0 Å². The summed E-state index contributed by atoms with van der Waals surface area (Å²) in [7, 11) is 2.13. The highest BCUT2D eigenvalue weighted by molar-refractivity contribution is 4.69. The number of ether oxygens (including phenoxy) is 1. The predicted octanol–water partition coefficient (Wildman–Crippen LogP) is 3.31. The average molecular weight is 215 g/mol. The fraction of sp³-hybridized carbons (Fsp3) is 1.00. The van der Waals surface area contributed by atoms with Crippen LogP contribution < -0.4 is 0 Å².